The van der Waals surface area contributed by atoms with Crippen LogP contribution in [0.15, 0.2) is 48.5 Å². The van der Waals surface area contributed by atoms with Gasteiger partial charge in [-0.2, -0.15) is 0 Å². The van der Waals surface area contributed by atoms with Crippen molar-refractivity contribution in [3.63, 3.8) is 0 Å². The number of aryl methyl sites for hydroxylation is 1. The third-order valence-electron chi connectivity index (χ3n) is 2.63. The first kappa shape index (κ1) is 14.0. The van der Waals surface area contributed by atoms with Crippen LogP contribution in [0, 0.1) is 5.39 Å². The summed E-state index contributed by atoms with van der Waals surface area (Å²) < 4.78 is 0. The van der Waals surface area contributed by atoms with E-state index >= 15 is 0 Å². The topological polar surface area (TPSA) is 40.2 Å². The van der Waals surface area contributed by atoms with E-state index in [0.29, 0.717) is 5.69 Å². The first-order chi connectivity index (χ1) is 8.33. The lowest BCUT2D eigenvalue weighted by molar-refractivity contribution is -0.00000366. The highest BCUT2D eigenvalue weighted by Crippen LogP contribution is 2.25. The number of para-hydroxylation sites is 1. The molecule has 0 saturated heterocycles. The first-order valence-corrected chi connectivity index (χ1v) is 5.63. The molecule has 2 rings (SSSR count). The molecule has 0 saturated carbocycles. The number of nitrogens with zero attached hydrogens (tertiary/aromatic N) is 2. The van der Waals surface area contributed by atoms with Crippen LogP contribution in [0.1, 0.15) is 12.5 Å². The number of hydrogen-bond donors (Lipinski definition) is 1. The van der Waals surface area contributed by atoms with Crippen molar-refractivity contribution in [2.24, 2.45) is 0 Å². The molecule has 0 spiro atoms. The van der Waals surface area contributed by atoms with Crippen LogP contribution >= 0.6 is 0 Å². The van der Waals surface area contributed by atoms with Gasteiger partial charge in [0.05, 0.1) is 0 Å². The Balaban J connectivity index is 0.00000162. The minimum absolute atomic E-state index is 0. The van der Waals surface area contributed by atoms with Crippen LogP contribution in [-0.2, 0) is 6.42 Å². The Morgan fingerprint density at radius 1 is 1.06 bits per heavy atom. The van der Waals surface area contributed by atoms with Gasteiger partial charge in [-0.1, -0.05) is 25.1 Å². The predicted molar refractivity (Wildman–Crippen MR) is 70.3 cm³/mol. The Morgan fingerprint density at radius 2 is 1.78 bits per heavy atom. The number of rotatable bonds is 3. The molecular formula is C14H14ClN3. The Bertz CT molecular complexity index is 547. The lowest BCUT2D eigenvalue weighted by Gasteiger charge is -2.06. The molecule has 0 radical (unpaired) electrons. The normalized spacial score (nSPS) is 9.11. The summed E-state index contributed by atoms with van der Waals surface area (Å²) in [5, 5.41) is 12.1. The average Bonchev–Trinajstić information content (AvgIpc) is 2.40. The maximum atomic E-state index is 8.83. The predicted octanol–water partition coefficient (Wildman–Crippen LogP) is 1.48. The van der Waals surface area contributed by atoms with Gasteiger partial charge < -0.3 is 17.7 Å². The minimum Gasteiger partial charge on any atom is -1.00 e. The van der Waals surface area contributed by atoms with Crippen molar-refractivity contribution in [1.82, 2.24) is 0 Å². The molecule has 0 unspecified atom stereocenters. The molecule has 4 heteroatoms. The van der Waals surface area contributed by atoms with Crippen molar-refractivity contribution in [2.75, 3.05) is 5.32 Å². The van der Waals surface area contributed by atoms with E-state index in [4.69, 9.17) is 5.39 Å². The number of diazo groups is 1. The smallest absolute Gasteiger partial charge is 0.388 e. The molecule has 0 fully saturated rings. The number of nitrogens with one attached hydrogen (secondary N) is 1. The maximum absolute atomic E-state index is 8.83. The van der Waals surface area contributed by atoms with Gasteiger partial charge in [0.1, 0.15) is 0 Å². The highest BCUT2D eigenvalue weighted by Gasteiger charge is 2.11. The molecule has 2 aromatic rings. The van der Waals surface area contributed by atoms with E-state index in [1.165, 1.54) is 0 Å². The zero-order chi connectivity index (χ0) is 12.1. The molecule has 0 aliphatic heterocycles. The molecule has 0 amide bonds. The van der Waals surface area contributed by atoms with Crippen LogP contribution in [0.25, 0.3) is 4.98 Å². The van der Waals surface area contributed by atoms with Crippen molar-refractivity contribution in [2.45, 2.75) is 13.3 Å². The average molecular weight is 260 g/mol. The zero-order valence-corrected chi connectivity index (χ0v) is 10.9. The van der Waals surface area contributed by atoms with E-state index in [1.54, 1.807) is 0 Å². The SMILES string of the molecule is CCc1cc(Nc2ccccc2)ccc1[N+]#N.[Cl-]. The fourth-order valence-corrected chi connectivity index (χ4v) is 1.73. The summed E-state index contributed by atoms with van der Waals surface area (Å²) in [5.74, 6) is 0. The second kappa shape index (κ2) is 6.63. The molecule has 1 N–H and O–H groups in total. The van der Waals surface area contributed by atoms with Gasteiger partial charge in [0.2, 0.25) is 5.39 Å². The summed E-state index contributed by atoms with van der Waals surface area (Å²) >= 11 is 0. The number of benzene rings is 2. The zero-order valence-electron chi connectivity index (χ0n) is 10.1. The summed E-state index contributed by atoms with van der Waals surface area (Å²) in [6.07, 6.45) is 0.837. The quantitative estimate of drug-likeness (QED) is 0.849. The van der Waals surface area contributed by atoms with Crippen LogP contribution in [0.2, 0.25) is 0 Å². The second-order valence-electron chi connectivity index (χ2n) is 3.79. The molecule has 2 aromatic carbocycles. The lowest BCUT2D eigenvalue weighted by Crippen LogP contribution is -3.00. The number of hydrogen-bond acceptors (Lipinski definition) is 2. The van der Waals surface area contributed by atoms with Crippen molar-refractivity contribution < 1.29 is 12.4 Å². The van der Waals surface area contributed by atoms with Crippen molar-refractivity contribution >= 4 is 17.1 Å². The third kappa shape index (κ3) is 3.22. The molecule has 0 bridgehead atoms. The molecule has 0 aromatic heterocycles. The Kier molecular flexibility index (Phi) is 5.16. The molecule has 3 nitrogen and oxygen atoms in total. The van der Waals surface area contributed by atoms with E-state index in [9.17, 15) is 0 Å². The standard InChI is InChI=1S/C14H14N3.ClH/c1-2-11-10-13(8-9-14(11)17-15)16-12-6-4-3-5-7-12;/h3-10,16H,2H2,1H3;1H/q+1;/p-1. The van der Waals surface area contributed by atoms with Gasteiger partial charge in [0.15, 0.2) is 4.98 Å². The van der Waals surface area contributed by atoms with E-state index in [-0.39, 0.29) is 12.4 Å². The van der Waals surface area contributed by atoms with Crippen LogP contribution in [-0.4, -0.2) is 0 Å². The van der Waals surface area contributed by atoms with Gasteiger partial charge in [-0.15, -0.1) is 0 Å². The Hall–Kier alpha value is -2.05. The Labute approximate surface area is 113 Å². The van der Waals surface area contributed by atoms with Gasteiger partial charge in [0, 0.05) is 23.0 Å². The monoisotopic (exact) mass is 259 g/mol. The molecule has 18 heavy (non-hydrogen) atoms. The lowest BCUT2D eigenvalue weighted by atomic mass is 10.1. The highest BCUT2D eigenvalue weighted by molar-refractivity contribution is 5.65. The van der Waals surface area contributed by atoms with E-state index in [1.807, 2.05) is 55.5 Å². The summed E-state index contributed by atoms with van der Waals surface area (Å²) in [6, 6.07) is 15.7. The Morgan fingerprint density at radius 3 is 2.39 bits per heavy atom. The van der Waals surface area contributed by atoms with E-state index in [2.05, 4.69) is 10.3 Å². The largest absolute Gasteiger partial charge is 1.00 e. The molecule has 0 aliphatic rings. The minimum atomic E-state index is 0. The second-order valence-corrected chi connectivity index (χ2v) is 3.79. The summed E-state index contributed by atoms with van der Waals surface area (Å²) in [5.41, 5.74) is 3.70. The molecular weight excluding hydrogens is 246 g/mol. The summed E-state index contributed by atoms with van der Waals surface area (Å²) in [6.45, 7) is 2.04. The van der Waals surface area contributed by atoms with Gasteiger partial charge in [-0.3, -0.25) is 0 Å². The van der Waals surface area contributed by atoms with Crippen molar-refractivity contribution in [1.29, 1.82) is 5.39 Å². The van der Waals surface area contributed by atoms with Gasteiger partial charge in [-0.25, -0.2) is 0 Å². The molecule has 92 valence electrons. The van der Waals surface area contributed by atoms with Crippen LogP contribution in [0.4, 0.5) is 17.1 Å². The fraction of sp³-hybridized carbons (Fsp3) is 0.143. The van der Waals surface area contributed by atoms with Gasteiger partial charge in [0.25, 0.3) is 0 Å². The number of anilines is 2. The summed E-state index contributed by atoms with van der Waals surface area (Å²) in [4.78, 5) is 3.26. The molecule has 0 atom stereocenters. The van der Waals surface area contributed by atoms with Crippen LogP contribution in [0.5, 0.6) is 0 Å². The van der Waals surface area contributed by atoms with Gasteiger partial charge in [-0.05, 0) is 30.7 Å². The summed E-state index contributed by atoms with van der Waals surface area (Å²) in [7, 11) is 0. The van der Waals surface area contributed by atoms with Crippen LogP contribution in [0.3, 0.4) is 0 Å². The van der Waals surface area contributed by atoms with Gasteiger partial charge >= 0.3 is 5.69 Å². The molecule has 0 aliphatic carbocycles. The first-order valence-electron chi connectivity index (χ1n) is 5.63. The highest BCUT2D eigenvalue weighted by atomic mass is 35.5. The third-order valence-corrected chi connectivity index (χ3v) is 2.63. The number of halogens is 1. The van der Waals surface area contributed by atoms with Crippen molar-refractivity contribution in [3.8, 4) is 0 Å². The molecule has 0 heterocycles. The van der Waals surface area contributed by atoms with E-state index in [0.717, 1.165) is 23.4 Å². The maximum Gasteiger partial charge on any atom is 0.388 e. The fourth-order valence-electron chi connectivity index (χ4n) is 1.73. The van der Waals surface area contributed by atoms with Crippen molar-refractivity contribution in [3.05, 3.63) is 59.1 Å². The van der Waals surface area contributed by atoms with E-state index < -0.39 is 0 Å². The van der Waals surface area contributed by atoms with Crippen LogP contribution < -0.4 is 17.7 Å².